The van der Waals surface area contributed by atoms with E-state index >= 15 is 0 Å². The van der Waals surface area contributed by atoms with Crippen LogP contribution in [0.4, 0.5) is 4.79 Å². The SMILES string of the molecule is C=C[C@@H]1C[C@]1(NC(=O)C1CC(Oc2cc(-c3ccccc3)nc3cc(OC)ccc23)CN1C(=O)[C@@H](NC(=O)Oc1ccccc1)C(C)(C)C)C(=O)NS(=O)(=O)C1CC1. The average molecular weight is 810 g/mol. The highest BCUT2D eigenvalue weighted by Gasteiger charge is 2.62. The third-order valence-corrected chi connectivity index (χ3v) is 12.6. The molecule has 3 aliphatic rings. The van der Waals surface area contributed by atoms with Crippen LogP contribution in [0.1, 0.15) is 46.5 Å². The van der Waals surface area contributed by atoms with Gasteiger partial charge in [0.1, 0.15) is 41.0 Å². The second kappa shape index (κ2) is 15.8. The number of aromatic nitrogens is 1. The molecule has 2 saturated carbocycles. The van der Waals surface area contributed by atoms with Gasteiger partial charge in [0.25, 0.3) is 5.91 Å². The van der Waals surface area contributed by atoms with Crippen molar-refractivity contribution in [3.63, 3.8) is 0 Å². The van der Waals surface area contributed by atoms with Crippen molar-refractivity contribution >= 4 is 44.7 Å². The molecule has 3 N–H and O–H groups in total. The van der Waals surface area contributed by atoms with Crippen LogP contribution in [0, 0.1) is 11.3 Å². The largest absolute Gasteiger partial charge is 0.497 e. The first-order valence-corrected chi connectivity index (χ1v) is 20.7. The number of benzene rings is 3. The molecule has 14 nitrogen and oxygen atoms in total. The maximum atomic E-state index is 14.7. The highest BCUT2D eigenvalue weighted by molar-refractivity contribution is 7.91. The lowest BCUT2D eigenvalue weighted by atomic mass is 9.85. The Morgan fingerprint density at radius 3 is 2.28 bits per heavy atom. The molecule has 2 unspecified atom stereocenters. The number of rotatable bonds is 13. The van der Waals surface area contributed by atoms with Crippen LogP contribution in [-0.4, -0.2) is 84.7 Å². The minimum absolute atomic E-state index is 0.000364. The van der Waals surface area contributed by atoms with Crippen LogP contribution in [0.5, 0.6) is 17.2 Å². The number of fused-ring (bicyclic) bond motifs is 1. The van der Waals surface area contributed by atoms with E-state index in [4.69, 9.17) is 19.2 Å². The van der Waals surface area contributed by atoms with Crippen molar-refractivity contribution in [2.75, 3.05) is 13.7 Å². The van der Waals surface area contributed by atoms with Crippen LogP contribution < -0.4 is 29.6 Å². The molecule has 3 aromatic carbocycles. The number of pyridine rings is 1. The average Bonchev–Trinajstić information content (AvgIpc) is 4.13. The van der Waals surface area contributed by atoms with Crippen molar-refractivity contribution in [2.45, 2.75) is 75.4 Å². The Balaban J connectivity index is 1.21. The van der Waals surface area contributed by atoms with Gasteiger partial charge >= 0.3 is 6.09 Å². The maximum absolute atomic E-state index is 14.7. The van der Waals surface area contributed by atoms with Crippen molar-refractivity contribution in [3.05, 3.63) is 97.6 Å². The van der Waals surface area contributed by atoms with Crippen LogP contribution in [0.25, 0.3) is 22.2 Å². The first kappa shape index (κ1) is 40.2. The fourth-order valence-electron chi connectivity index (χ4n) is 7.29. The first-order valence-electron chi connectivity index (χ1n) is 19.2. The lowest BCUT2D eigenvalue weighted by molar-refractivity contribution is -0.142. The van der Waals surface area contributed by atoms with Crippen LogP contribution in [0.3, 0.4) is 0 Å². The lowest BCUT2D eigenvalue weighted by Gasteiger charge is -2.35. The van der Waals surface area contributed by atoms with Gasteiger partial charge in [0.15, 0.2) is 0 Å². The summed E-state index contributed by atoms with van der Waals surface area (Å²) in [4.78, 5) is 62.3. The molecule has 4 aromatic rings. The Kier molecular flexibility index (Phi) is 10.9. The number of nitrogens with one attached hydrogen (secondary N) is 3. The first-order chi connectivity index (χ1) is 27.6. The molecule has 15 heteroatoms. The number of hydrogen-bond acceptors (Lipinski definition) is 10. The van der Waals surface area contributed by atoms with Crippen molar-refractivity contribution in [1.29, 1.82) is 0 Å². The quantitative estimate of drug-likeness (QED) is 0.153. The Hall–Kier alpha value is -5.96. The molecular weight excluding hydrogens is 763 g/mol. The molecule has 0 bridgehead atoms. The summed E-state index contributed by atoms with van der Waals surface area (Å²) < 4.78 is 45.4. The zero-order valence-electron chi connectivity index (χ0n) is 32.8. The molecule has 4 amide bonds. The van der Waals surface area contributed by atoms with Crippen LogP contribution in [-0.2, 0) is 24.4 Å². The zero-order chi connectivity index (χ0) is 41.4. The summed E-state index contributed by atoms with van der Waals surface area (Å²) in [5.74, 6) is -1.34. The Labute approximate surface area is 337 Å². The van der Waals surface area contributed by atoms with Gasteiger partial charge in [-0.15, -0.1) is 6.58 Å². The van der Waals surface area contributed by atoms with Gasteiger partial charge in [-0.05, 0) is 48.9 Å². The number of nitrogens with zero attached hydrogens (tertiary/aromatic N) is 2. The zero-order valence-corrected chi connectivity index (χ0v) is 33.6. The van der Waals surface area contributed by atoms with Gasteiger partial charge in [0.05, 0.1) is 30.1 Å². The summed E-state index contributed by atoms with van der Waals surface area (Å²) in [5.41, 5.74) is -0.375. The number of ether oxygens (including phenoxy) is 3. The van der Waals surface area contributed by atoms with Crippen LogP contribution in [0.15, 0.2) is 97.6 Å². The highest BCUT2D eigenvalue weighted by Crippen LogP contribution is 2.46. The predicted molar refractivity (Wildman–Crippen MR) is 216 cm³/mol. The second-order valence-electron chi connectivity index (χ2n) is 16.1. The molecule has 1 aliphatic heterocycles. The summed E-state index contributed by atoms with van der Waals surface area (Å²) in [7, 11) is -2.36. The van der Waals surface area contributed by atoms with Crippen LogP contribution in [0.2, 0.25) is 0 Å². The third kappa shape index (κ3) is 8.49. The van der Waals surface area contributed by atoms with E-state index < -0.39 is 74.1 Å². The number of amides is 4. The van der Waals surface area contributed by atoms with Crippen molar-refractivity contribution < 1.29 is 41.8 Å². The third-order valence-electron chi connectivity index (χ3n) is 10.8. The smallest absolute Gasteiger partial charge is 0.413 e. The van der Waals surface area contributed by atoms with E-state index in [0.29, 0.717) is 40.9 Å². The summed E-state index contributed by atoms with van der Waals surface area (Å²) >= 11 is 0. The van der Waals surface area contributed by atoms with Gasteiger partial charge in [-0.2, -0.15) is 0 Å². The van der Waals surface area contributed by atoms with E-state index in [0.717, 1.165) is 5.56 Å². The van der Waals surface area contributed by atoms with Crippen molar-refractivity contribution in [1.82, 2.24) is 25.2 Å². The van der Waals surface area contributed by atoms with E-state index in [1.807, 2.05) is 36.4 Å². The molecule has 58 heavy (non-hydrogen) atoms. The molecule has 7 rings (SSSR count). The normalized spacial score (nSPS) is 22.0. The van der Waals surface area contributed by atoms with Gasteiger partial charge in [-0.1, -0.05) is 75.4 Å². The van der Waals surface area contributed by atoms with Gasteiger partial charge < -0.3 is 29.7 Å². The Morgan fingerprint density at radius 1 is 0.966 bits per heavy atom. The monoisotopic (exact) mass is 809 g/mol. The molecule has 5 atom stereocenters. The second-order valence-corrected chi connectivity index (χ2v) is 18.0. The molecule has 2 heterocycles. The number of sulfonamides is 1. The minimum Gasteiger partial charge on any atom is -0.497 e. The van der Waals surface area contributed by atoms with Gasteiger partial charge in [-0.25, -0.2) is 18.2 Å². The van der Waals surface area contributed by atoms with E-state index in [2.05, 4.69) is 21.9 Å². The summed E-state index contributed by atoms with van der Waals surface area (Å²) in [6.07, 6.45) is 0.909. The van der Waals surface area contributed by atoms with Crippen LogP contribution >= 0.6 is 0 Å². The van der Waals surface area contributed by atoms with Gasteiger partial charge in [0.2, 0.25) is 21.8 Å². The number of para-hydroxylation sites is 1. The summed E-state index contributed by atoms with van der Waals surface area (Å²) in [6, 6.07) is 22.8. The maximum Gasteiger partial charge on any atom is 0.413 e. The number of carbonyl (C=O) groups excluding carboxylic acids is 4. The number of likely N-dealkylation sites (tertiary alicyclic amines) is 1. The van der Waals surface area contributed by atoms with E-state index in [9.17, 15) is 27.6 Å². The Morgan fingerprint density at radius 2 is 1.66 bits per heavy atom. The lowest BCUT2D eigenvalue weighted by Crippen LogP contribution is -2.60. The van der Waals surface area contributed by atoms with E-state index in [1.165, 1.54) is 11.0 Å². The Bertz CT molecular complexity index is 2350. The predicted octanol–water partition coefficient (Wildman–Crippen LogP) is 5.13. The molecule has 304 valence electrons. The van der Waals surface area contributed by atoms with Gasteiger partial charge in [0, 0.05) is 35.4 Å². The van der Waals surface area contributed by atoms with E-state index in [-0.39, 0.29) is 25.1 Å². The standard InChI is InChI=1S/C43H47N5O9S/c1-6-27-24-43(27,40(51)47-58(53,54)31-18-19-31)46-38(49)35-22-30(25-48(35)39(50)37(42(2,3)4)45-41(52)57-28-15-11-8-12-16-28)56-36-23-33(26-13-9-7-10-14-26)44-34-21-29(55-5)17-20-32(34)36/h6-17,20-21,23,27,30-31,35,37H,1,18-19,22,24-25H2,2-5H3,(H,45,52)(H,46,49)(H,47,51)/t27-,30?,35?,37-,43-/m1/s1. The molecule has 2 aliphatic carbocycles. The van der Waals surface area contributed by atoms with Crippen molar-refractivity contribution in [3.8, 4) is 28.5 Å². The van der Waals surface area contributed by atoms with Crippen molar-refractivity contribution in [2.24, 2.45) is 11.3 Å². The molecule has 1 saturated heterocycles. The number of carbonyl (C=O) groups is 4. The molecule has 0 spiro atoms. The summed E-state index contributed by atoms with van der Waals surface area (Å²) in [6.45, 7) is 9.05. The molecule has 3 fully saturated rings. The number of methoxy groups -OCH3 is 1. The molecule has 1 aromatic heterocycles. The number of hydrogen-bond donors (Lipinski definition) is 3. The highest BCUT2D eigenvalue weighted by atomic mass is 32.2. The van der Waals surface area contributed by atoms with E-state index in [1.54, 1.807) is 76.4 Å². The molecular formula is C43H47N5O9S. The summed E-state index contributed by atoms with van der Waals surface area (Å²) in [5, 5.41) is 5.54. The van der Waals surface area contributed by atoms with Gasteiger partial charge in [-0.3, -0.25) is 19.1 Å². The fourth-order valence-corrected chi connectivity index (χ4v) is 8.65. The fraction of sp³-hybridized carbons (Fsp3) is 0.372. The topological polar surface area (TPSA) is 182 Å². The minimum atomic E-state index is -3.93. The molecule has 0 radical (unpaired) electrons.